The van der Waals surface area contributed by atoms with Crippen molar-refractivity contribution in [3.8, 4) is 10.6 Å². The number of hydrogen-bond acceptors (Lipinski definition) is 4. The van der Waals surface area contributed by atoms with Crippen LogP contribution in [0, 0.1) is 0 Å². The van der Waals surface area contributed by atoms with Crippen molar-refractivity contribution in [1.29, 1.82) is 0 Å². The third-order valence-corrected chi connectivity index (χ3v) is 4.32. The highest BCUT2D eigenvalue weighted by atomic mass is 79.9. The number of nitrogens with zero attached hydrogens (tertiary/aromatic N) is 1. The highest BCUT2D eigenvalue weighted by Gasteiger charge is 2.06. The lowest BCUT2D eigenvalue weighted by atomic mass is 10.4. The summed E-state index contributed by atoms with van der Waals surface area (Å²) < 4.78 is 1.09. The Morgan fingerprint density at radius 1 is 1.36 bits per heavy atom. The molecular formula is C9H8BrNOS2. The van der Waals surface area contributed by atoms with Gasteiger partial charge in [-0.15, -0.1) is 22.7 Å². The van der Waals surface area contributed by atoms with Gasteiger partial charge in [-0.2, -0.15) is 0 Å². The van der Waals surface area contributed by atoms with Gasteiger partial charge in [0.15, 0.2) is 0 Å². The van der Waals surface area contributed by atoms with E-state index in [1.54, 1.807) is 22.7 Å². The van der Waals surface area contributed by atoms with E-state index in [2.05, 4.69) is 27.0 Å². The molecule has 0 aliphatic rings. The zero-order valence-electron chi connectivity index (χ0n) is 7.24. The molecule has 2 aromatic heterocycles. The normalized spacial score (nSPS) is 10.7. The van der Waals surface area contributed by atoms with Crippen LogP contribution in [0.15, 0.2) is 21.3 Å². The third-order valence-electron chi connectivity index (χ3n) is 1.70. The van der Waals surface area contributed by atoms with Gasteiger partial charge >= 0.3 is 0 Å². The molecule has 1 N–H and O–H groups in total. The van der Waals surface area contributed by atoms with Crippen LogP contribution >= 0.6 is 38.6 Å². The molecule has 0 amide bonds. The predicted octanol–water partition coefficient (Wildman–Crippen LogP) is 3.17. The Bertz CT molecular complexity index is 424. The summed E-state index contributed by atoms with van der Waals surface area (Å²) in [5, 5.41) is 13.8. The van der Waals surface area contributed by atoms with Crippen LogP contribution in [0.4, 0.5) is 0 Å². The van der Waals surface area contributed by atoms with Crippen LogP contribution in [-0.4, -0.2) is 16.7 Å². The van der Waals surface area contributed by atoms with Gasteiger partial charge in [-0.3, -0.25) is 0 Å². The topological polar surface area (TPSA) is 33.1 Å². The highest BCUT2D eigenvalue weighted by Crippen LogP contribution is 2.30. The number of thiophene rings is 1. The van der Waals surface area contributed by atoms with Crippen LogP contribution in [0.2, 0.25) is 0 Å². The van der Waals surface area contributed by atoms with Crippen LogP contribution < -0.4 is 0 Å². The van der Waals surface area contributed by atoms with Crippen molar-refractivity contribution in [2.45, 2.75) is 6.42 Å². The number of aromatic nitrogens is 1. The summed E-state index contributed by atoms with van der Waals surface area (Å²) in [4.78, 5) is 5.60. The largest absolute Gasteiger partial charge is 0.396 e. The minimum Gasteiger partial charge on any atom is -0.396 e. The Kier molecular flexibility index (Phi) is 3.33. The molecule has 0 bridgehead atoms. The van der Waals surface area contributed by atoms with E-state index in [0.717, 1.165) is 20.1 Å². The van der Waals surface area contributed by atoms with Crippen molar-refractivity contribution in [2.75, 3.05) is 6.61 Å². The second-order valence-corrected chi connectivity index (χ2v) is 5.50. The smallest absolute Gasteiger partial charge is 0.0955 e. The first-order chi connectivity index (χ1) is 6.79. The van der Waals surface area contributed by atoms with Gasteiger partial charge in [-0.05, 0) is 22.0 Å². The lowest BCUT2D eigenvalue weighted by molar-refractivity contribution is 0.299. The molecule has 14 heavy (non-hydrogen) atoms. The van der Waals surface area contributed by atoms with Gasteiger partial charge < -0.3 is 5.11 Å². The second kappa shape index (κ2) is 4.53. The molecule has 0 saturated heterocycles. The second-order valence-electron chi connectivity index (χ2n) is 2.73. The SMILES string of the molecule is OCCc1nc(-c2cc(Br)cs2)cs1. The van der Waals surface area contributed by atoms with Crippen molar-refractivity contribution in [3.05, 3.63) is 26.3 Å². The predicted molar refractivity (Wildman–Crippen MR) is 63.9 cm³/mol. The van der Waals surface area contributed by atoms with E-state index in [4.69, 9.17) is 5.11 Å². The minimum atomic E-state index is 0.168. The molecule has 2 nitrogen and oxygen atoms in total. The van der Waals surface area contributed by atoms with Crippen molar-refractivity contribution >= 4 is 38.6 Å². The molecule has 0 aliphatic heterocycles. The zero-order valence-corrected chi connectivity index (χ0v) is 10.5. The number of halogens is 1. The first-order valence-corrected chi connectivity index (χ1v) is 6.64. The van der Waals surface area contributed by atoms with E-state index in [-0.39, 0.29) is 6.61 Å². The fraction of sp³-hybridized carbons (Fsp3) is 0.222. The number of rotatable bonds is 3. The van der Waals surface area contributed by atoms with Crippen molar-refractivity contribution in [2.24, 2.45) is 0 Å². The van der Waals surface area contributed by atoms with E-state index in [1.165, 1.54) is 0 Å². The molecule has 2 heterocycles. The van der Waals surface area contributed by atoms with Gasteiger partial charge in [-0.25, -0.2) is 4.98 Å². The molecule has 0 aliphatic carbocycles. The maximum Gasteiger partial charge on any atom is 0.0955 e. The van der Waals surface area contributed by atoms with Crippen LogP contribution in [0.5, 0.6) is 0 Å². The Hall–Kier alpha value is -0.230. The van der Waals surface area contributed by atoms with Crippen LogP contribution in [0.3, 0.4) is 0 Å². The average Bonchev–Trinajstić information content (AvgIpc) is 2.74. The van der Waals surface area contributed by atoms with Crippen LogP contribution in [0.25, 0.3) is 10.6 Å². The van der Waals surface area contributed by atoms with Crippen LogP contribution in [-0.2, 0) is 6.42 Å². The lowest BCUT2D eigenvalue weighted by Crippen LogP contribution is -1.88. The maximum absolute atomic E-state index is 8.77. The fourth-order valence-electron chi connectivity index (χ4n) is 1.08. The highest BCUT2D eigenvalue weighted by molar-refractivity contribution is 9.10. The summed E-state index contributed by atoms with van der Waals surface area (Å²) in [6, 6.07) is 2.06. The third kappa shape index (κ3) is 2.23. The molecular weight excluding hydrogens is 282 g/mol. The maximum atomic E-state index is 8.77. The first-order valence-electron chi connectivity index (χ1n) is 4.09. The monoisotopic (exact) mass is 289 g/mol. The summed E-state index contributed by atoms with van der Waals surface area (Å²) in [6.07, 6.45) is 0.650. The Morgan fingerprint density at radius 2 is 2.21 bits per heavy atom. The molecule has 0 fully saturated rings. The van der Waals surface area contributed by atoms with Gasteiger partial charge in [0.25, 0.3) is 0 Å². The average molecular weight is 290 g/mol. The first kappa shape index (κ1) is 10.3. The van der Waals surface area contributed by atoms with Gasteiger partial charge in [-0.1, -0.05) is 0 Å². The van der Waals surface area contributed by atoms with E-state index in [0.29, 0.717) is 6.42 Å². The van der Waals surface area contributed by atoms with Crippen molar-refractivity contribution in [3.63, 3.8) is 0 Å². The molecule has 74 valence electrons. The molecule has 0 saturated carbocycles. The summed E-state index contributed by atoms with van der Waals surface area (Å²) in [6.45, 7) is 0.168. The van der Waals surface area contributed by atoms with Gasteiger partial charge in [0, 0.05) is 28.3 Å². The van der Waals surface area contributed by atoms with Gasteiger partial charge in [0.2, 0.25) is 0 Å². The number of thiazole rings is 1. The molecule has 2 rings (SSSR count). The van der Waals surface area contributed by atoms with E-state index in [1.807, 2.05) is 10.8 Å². The van der Waals surface area contributed by atoms with Crippen LogP contribution in [0.1, 0.15) is 5.01 Å². The van der Waals surface area contributed by atoms with Gasteiger partial charge in [0.05, 0.1) is 15.6 Å². The lowest BCUT2D eigenvalue weighted by Gasteiger charge is -1.89. The zero-order chi connectivity index (χ0) is 9.97. The summed E-state index contributed by atoms with van der Waals surface area (Å²) in [5.41, 5.74) is 1.01. The molecule has 0 radical (unpaired) electrons. The molecule has 0 aromatic carbocycles. The Balaban J connectivity index is 2.24. The molecule has 5 heteroatoms. The van der Waals surface area contributed by atoms with E-state index in [9.17, 15) is 0 Å². The molecule has 0 atom stereocenters. The molecule has 0 spiro atoms. The molecule has 2 aromatic rings. The summed E-state index contributed by atoms with van der Waals surface area (Å²) in [7, 11) is 0. The summed E-state index contributed by atoms with van der Waals surface area (Å²) >= 11 is 6.68. The van der Waals surface area contributed by atoms with Crippen molar-refractivity contribution < 1.29 is 5.11 Å². The quantitative estimate of drug-likeness (QED) is 0.942. The summed E-state index contributed by atoms with van der Waals surface area (Å²) in [5.74, 6) is 0. The van der Waals surface area contributed by atoms with Gasteiger partial charge in [0.1, 0.15) is 0 Å². The van der Waals surface area contributed by atoms with E-state index < -0.39 is 0 Å². The van der Waals surface area contributed by atoms with E-state index >= 15 is 0 Å². The van der Waals surface area contributed by atoms with Crippen molar-refractivity contribution in [1.82, 2.24) is 4.98 Å². The molecule has 0 unspecified atom stereocenters. The Labute approximate surface area is 98.4 Å². The minimum absolute atomic E-state index is 0.168. The standard InChI is InChI=1S/C9H8BrNOS2/c10-6-3-8(13-4-6)7-5-14-9(11-7)1-2-12/h3-5,12H,1-2H2. The fourth-order valence-corrected chi connectivity index (χ4v) is 3.33. The Morgan fingerprint density at radius 3 is 2.86 bits per heavy atom. The number of aliphatic hydroxyl groups is 1. The number of hydrogen-bond donors (Lipinski definition) is 1. The number of aliphatic hydroxyl groups excluding tert-OH is 1.